The van der Waals surface area contributed by atoms with E-state index < -0.39 is 0 Å². The van der Waals surface area contributed by atoms with Gasteiger partial charge in [-0.15, -0.1) is 0 Å². The van der Waals surface area contributed by atoms with Crippen LogP contribution in [0, 0.1) is 0 Å². The third-order valence-corrected chi connectivity index (χ3v) is 3.24. The summed E-state index contributed by atoms with van der Waals surface area (Å²) in [7, 11) is 2.10. The first-order chi connectivity index (χ1) is 5.79. The average Bonchev–Trinajstić information content (AvgIpc) is 2.12. The van der Waals surface area contributed by atoms with Gasteiger partial charge in [0, 0.05) is 7.05 Å². The maximum absolute atomic E-state index is 5.56. The lowest BCUT2D eigenvalue weighted by Crippen LogP contribution is -2.35. The van der Waals surface area contributed by atoms with Crippen LogP contribution in [0.3, 0.4) is 0 Å². The summed E-state index contributed by atoms with van der Waals surface area (Å²) < 4.78 is 6.00. The number of halogens is 1. The van der Waals surface area contributed by atoms with Gasteiger partial charge in [0.1, 0.15) is 16.4 Å². The predicted octanol–water partition coefficient (Wildman–Crippen LogP) is 2.28. The maximum atomic E-state index is 5.56. The van der Waals surface area contributed by atoms with E-state index in [0.29, 0.717) is 4.05 Å². The number of hydrogen-bond donors (Lipinski definition) is 0. The smallest absolute Gasteiger partial charge is 0.142 e. The van der Waals surface area contributed by atoms with Crippen molar-refractivity contribution in [2.24, 2.45) is 0 Å². The molecule has 0 N–H and O–H groups in total. The largest absolute Gasteiger partial charge is 0.488 e. The molecule has 0 saturated carbocycles. The van der Waals surface area contributed by atoms with E-state index in [1.165, 1.54) is 5.69 Å². The molecule has 12 heavy (non-hydrogen) atoms. The van der Waals surface area contributed by atoms with Crippen LogP contribution in [0.15, 0.2) is 24.3 Å². The minimum atomic E-state index is 0.442. The molecule has 64 valence electrons. The van der Waals surface area contributed by atoms with Crippen molar-refractivity contribution in [1.82, 2.24) is 0 Å². The second kappa shape index (κ2) is 3.12. The molecular formula is C9H10INO. The number of para-hydroxylation sites is 2. The normalized spacial score (nSPS) is 21.5. The maximum Gasteiger partial charge on any atom is 0.142 e. The highest BCUT2D eigenvalue weighted by atomic mass is 127. The van der Waals surface area contributed by atoms with Gasteiger partial charge < -0.3 is 9.64 Å². The van der Waals surface area contributed by atoms with Crippen LogP contribution in [-0.2, 0) is 0 Å². The predicted molar refractivity (Wildman–Crippen MR) is 58.1 cm³/mol. The molecule has 1 heterocycles. The van der Waals surface area contributed by atoms with Gasteiger partial charge in [-0.25, -0.2) is 0 Å². The van der Waals surface area contributed by atoms with Crippen LogP contribution in [0.5, 0.6) is 5.75 Å². The number of nitrogens with zero attached hydrogens (tertiary/aromatic N) is 1. The van der Waals surface area contributed by atoms with E-state index in [-0.39, 0.29) is 0 Å². The van der Waals surface area contributed by atoms with Crippen molar-refractivity contribution in [3.63, 3.8) is 0 Å². The number of likely N-dealkylation sites (N-methyl/N-ethyl adjacent to an activating group) is 1. The van der Waals surface area contributed by atoms with Crippen molar-refractivity contribution in [2.45, 2.75) is 4.05 Å². The van der Waals surface area contributed by atoms with Crippen LogP contribution in [-0.4, -0.2) is 17.7 Å². The molecule has 2 rings (SSSR count). The number of ether oxygens (including phenoxy) is 1. The summed E-state index contributed by atoms with van der Waals surface area (Å²) in [6.07, 6.45) is 0. The highest BCUT2D eigenvalue weighted by molar-refractivity contribution is 14.1. The molecule has 2 nitrogen and oxygen atoms in total. The Bertz CT molecular complexity index is 290. The molecule has 0 saturated heterocycles. The number of anilines is 1. The first kappa shape index (κ1) is 8.16. The van der Waals surface area contributed by atoms with E-state index in [2.05, 4.69) is 40.6 Å². The van der Waals surface area contributed by atoms with E-state index in [0.717, 1.165) is 12.4 Å². The van der Waals surface area contributed by atoms with Crippen LogP contribution < -0.4 is 9.64 Å². The second-order valence-corrected chi connectivity index (χ2v) is 4.26. The van der Waals surface area contributed by atoms with Gasteiger partial charge in [0.15, 0.2) is 0 Å². The Morgan fingerprint density at radius 3 is 3.08 bits per heavy atom. The molecule has 0 radical (unpaired) electrons. The van der Waals surface area contributed by atoms with Crippen molar-refractivity contribution in [2.75, 3.05) is 18.6 Å². The molecular weight excluding hydrogens is 265 g/mol. The molecule has 1 atom stereocenters. The van der Waals surface area contributed by atoms with Crippen molar-refractivity contribution < 1.29 is 4.74 Å². The fourth-order valence-corrected chi connectivity index (χ4v) is 1.77. The Kier molecular flexibility index (Phi) is 2.12. The second-order valence-electron chi connectivity index (χ2n) is 2.82. The van der Waals surface area contributed by atoms with Crippen molar-refractivity contribution in [1.29, 1.82) is 0 Å². The quantitative estimate of drug-likeness (QED) is 0.409. The first-order valence-corrected chi connectivity index (χ1v) is 5.12. The van der Waals surface area contributed by atoms with E-state index in [4.69, 9.17) is 4.74 Å². The van der Waals surface area contributed by atoms with Crippen LogP contribution in [0.2, 0.25) is 0 Å². The van der Waals surface area contributed by atoms with Crippen molar-refractivity contribution >= 4 is 28.3 Å². The standard InChI is InChI=1S/C9H10INO/c1-11-7-4-2-3-5-8(7)12-6-9(11)10/h2-5,9H,6H2,1H3. The number of benzene rings is 1. The molecule has 0 spiro atoms. The van der Waals surface area contributed by atoms with Crippen LogP contribution in [0.4, 0.5) is 5.69 Å². The zero-order valence-corrected chi connectivity index (χ0v) is 8.98. The van der Waals surface area contributed by atoms with Gasteiger partial charge in [-0.1, -0.05) is 34.7 Å². The van der Waals surface area contributed by atoms with Gasteiger partial charge in [0.05, 0.1) is 5.69 Å². The van der Waals surface area contributed by atoms with Crippen molar-refractivity contribution in [3.8, 4) is 5.75 Å². The molecule has 3 heteroatoms. The third-order valence-electron chi connectivity index (χ3n) is 2.04. The summed E-state index contributed by atoms with van der Waals surface area (Å²) in [4.78, 5) is 2.24. The highest BCUT2D eigenvalue weighted by Crippen LogP contribution is 2.33. The summed E-state index contributed by atoms with van der Waals surface area (Å²) in [6.45, 7) is 0.772. The minimum absolute atomic E-state index is 0.442. The van der Waals surface area contributed by atoms with E-state index in [1.54, 1.807) is 0 Å². The SMILES string of the molecule is CN1c2ccccc2OCC1I. The third kappa shape index (κ3) is 1.26. The molecule has 0 bridgehead atoms. The average molecular weight is 275 g/mol. The molecule has 0 aliphatic carbocycles. The van der Waals surface area contributed by atoms with Gasteiger partial charge in [-0.3, -0.25) is 0 Å². The Hall–Kier alpha value is -0.450. The molecule has 1 aliphatic heterocycles. The van der Waals surface area contributed by atoms with Crippen molar-refractivity contribution in [3.05, 3.63) is 24.3 Å². The number of rotatable bonds is 0. The van der Waals surface area contributed by atoms with Crippen LogP contribution in [0.1, 0.15) is 0 Å². The lowest BCUT2D eigenvalue weighted by atomic mass is 10.2. The molecule has 1 aromatic rings. The lowest BCUT2D eigenvalue weighted by molar-refractivity contribution is 0.305. The fraction of sp³-hybridized carbons (Fsp3) is 0.333. The summed E-state index contributed by atoms with van der Waals surface area (Å²) in [6, 6.07) is 8.13. The van der Waals surface area contributed by atoms with Crippen LogP contribution >= 0.6 is 22.6 Å². The minimum Gasteiger partial charge on any atom is -0.488 e. The van der Waals surface area contributed by atoms with E-state index in [9.17, 15) is 0 Å². The molecule has 1 aromatic carbocycles. The lowest BCUT2D eigenvalue weighted by Gasteiger charge is -2.32. The summed E-state index contributed by atoms with van der Waals surface area (Å²) in [5.41, 5.74) is 1.18. The highest BCUT2D eigenvalue weighted by Gasteiger charge is 2.20. The first-order valence-electron chi connectivity index (χ1n) is 3.88. The summed E-state index contributed by atoms with van der Waals surface area (Å²) in [5, 5.41) is 0. The number of alkyl halides is 1. The Balaban J connectivity index is 2.42. The zero-order valence-electron chi connectivity index (χ0n) is 6.83. The van der Waals surface area contributed by atoms with Gasteiger partial charge >= 0.3 is 0 Å². The summed E-state index contributed by atoms with van der Waals surface area (Å²) in [5.74, 6) is 0.993. The number of hydrogen-bond acceptors (Lipinski definition) is 2. The van der Waals surface area contributed by atoms with E-state index in [1.807, 2.05) is 18.2 Å². The topological polar surface area (TPSA) is 12.5 Å². The summed E-state index contributed by atoms with van der Waals surface area (Å²) >= 11 is 2.38. The number of fused-ring (bicyclic) bond motifs is 1. The molecule has 0 amide bonds. The van der Waals surface area contributed by atoms with Gasteiger partial charge in [-0.2, -0.15) is 0 Å². The Morgan fingerprint density at radius 1 is 1.50 bits per heavy atom. The molecule has 1 aliphatic rings. The zero-order chi connectivity index (χ0) is 8.55. The van der Waals surface area contributed by atoms with Gasteiger partial charge in [0.2, 0.25) is 0 Å². The van der Waals surface area contributed by atoms with E-state index >= 15 is 0 Å². The molecule has 1 unspecified atom stereocenters. The Morgan fingerprint density at radius 2 is 2.25 bits per heavy atom. The molecule has 0 aromatic heterocycles. The monoisotopic (exact) mass is 275 g/mol. The Labute approximate surface area is 85.7 Å². The molecule has 0 fully saturated rings. The van der Waals surface area contributed by atoms with Gasteiger partial charge in [-0.05, 0) is 12.1 Å². The van der Waals surface area contributed by atoms with Gasteiger partial charge in [0.25, 0.3) is 0 Å². The fourth-order valence-electron chi connectivity index (χ4n) is 1.29. The van der Waals surface area contributed by atoms with Crippen LogP contribution in [0.25, 0.3) is 0 Å².